The average Bonchev–Trinajstić information content (AvgIpc) is 2.62. The van der Waals surface area contributed by atoms with Gasteiger partial charge < -0.3 is 15.2 Å². The van der Waals surface area contributed by atoms with Crippen LogP contribution in [0.5, 0.6) is 0 Å². The molecule has 0 saturated carbocycles. The molecule has 2 rings (SSSR count). The van der Waals surface area contributed by atoms with E-state index in [0.717, 1.165) is 24.0 Å². The van der Waals surface area contributed by atoms with Crippen LogP contribution in [0.2, 0.25) is 0 Å². The number of rotatable bonds is 8. The topological polar surface area (TPSA) is 88.5 Å². The Balaban J connectivity index is 2.09. The maximum Gasteiger partial charge on any atom is 0.407 e. The summed E-state index contributed by atoms with van der Waals surface area (Å²) in [6, 6.07) is 10.6. The van der Waals surface area contributed by atoms with E-state index in [1.807, 2.05) is 43.3 Å². The van der Waals surface area contributed by atoms with Crippen molar-refractivity contribution >= 4 is 12.1 Å². The Morgan fingerprint density at radius 2 is 1.76 bits per heavy atom. The number of pyridine rings is 1. The molecule has 1 heterocycles. The van der Waals surface area contributed by atoms with E-state index in [1.54, 1.807) is 12.4 Å². The number of aliphatic carboxylic acids is 1. The van der Waals surface area contributed by atoms with E-state index in [4.69, 9.17) is 9.84 Å². The molecule has 1 amide bonds. The van der Waals surface area contributed by atoms with Gasteiger partial charge in [0.25, 0.3) is 0 Å². The molecule has 0 aliphatic rings. The Bertz CT molecular complexity index is 686. The number of carboxylic acids is 1. The molecule has 2 N–H and O–H groups in total. The highest BCUT2D eigenvalue weighted by Gasteiger charge is 2.19. The van der Waals surface area contributed by atoms with Gasteiger partial charge in [0, 0.05) is 12.4 Å². The third-order valence-corrected chi connectivity index (χ3v) is 3.73. The molecule has 0 saturated heterocycles. The Morgan fingerprint density at radius 3 is 2.36 bits per heavy atom. The van der Waals surface area contributed by atoms with Crippen LogP contribution in [0.1, 0.15) is 37.8 Å². The van der Waals surface area contributed by atoms with Crippen molar-refractivity contribution in [3.05, 3.63) is 54.4 Å². The van der Waals surface area contributed by atoms with Crippen LogP contribution in [0, 0.1) is 0 Å². The molecule has 0 aliphatic carbocycles. The van der Waals surface area contributed by atoms with Crippen molar-refractivity contribution in [1.29, 1.82) is 0 Å². The highest BCUT2D eigenvalue weighted by atomic mass is 16.5. The minimum absolute atomic E-state index is 0.211. The first-order valence-corrected chi connectivity index (χ1v) is 8.25. The average molecular weight is 342 g/mol. The number of aromatic nitrogens is 1. The summed E-state index contributed by atoms with van der Waals surface area (Å²) in [6.45, 7) is 2.32. The minimum Gasteiger partial charge on any atom is -0.481 e. The summed E-state index contributed by atoms with van der Waals surface area (Å²) in [4.78, 5) is 26.9. The van der Waals surface area contributed by atoms with Gasteiger partial charge in [0.2, 0.25) is 0 Å². The summed E-state index contributed by atoms with van der Waals surface area (Å²) in [5.41, 5.74) is 2.72. The summed E-state index contributed by atoms with van der Waals surface area (Å²) >= 11 is 0. The number of amides is 1. The first-order valence-electron chi connectivity index (χ1n) is 8.25. The summed E-state index contributed by atoms with van der Waals surface area (Å²) < 4.78 is 5.06. The van der Waals surface area contributed by atoms with Gasteiger partial charge in [-0.25, -0.2) is 4.79 Å². The number of unbranched alkanes of at least 4 members (excludes halogenated alkanes) is 1. The highest BCUT2D eigenvalue weighted by molar-refractivity contribution is 5.72. The van der Waals surface area contributed by atoms with Gasteiger partial charge in [0.1, 0.15) is 0 Å². The number of carboxylic acid groups (broad SMARTS) is 1. The normalized spacial score (nSPS) is 11.6. The lowest BCUT2D eigenvalue weighted by Gasteiger charge is -2.17. The molecule has 0 fully saturated rings. The molecular formula is C19H22N2O4. The maximum atomic E-state index is 11.8. The van der Waals surface area contributed by atoms with Crippen molar-refractivity contribution in [1.82, 2.24) is 10.3 Å². The predicted octanol–water partition coefficient (Wildman–Crippen LogP) is 3.79. The number of hydrogen-bond acceptors (Lipinski definition) is 4. The molecule has 1 aromatic heterocycles. The molecule has 6 heteroatoms. The second kappa shape index (κ2) is 9.42. The lowest BCUT2D eigenvalue weighted by molar-refractivity contribution is -0.137. The zero-order chi connectivity index (χ0) is 18.1. The molecule has 132 valence electrons. The number of ether oxygens (including phenoxy) is 1. The number of carbonyl (C=O) groups excluding carboxylic acids is 1. The van der Waals surface area contributed by atoms with Crippen LogP contribution in [0.4, 0.5) is 4.79 Å². The van der Waals surface area contributed by atoms with E-state index in [-0.39, 0.29) is 6.42 Å². The fourth-order valence-corrected chi connectivity index (χ4v) is 2.37. The van der Waals surface area contributed by atoms with Crippen LogP contribution in [0.25, 0.3) is 11.1 Å². The fraction of sp³-hybridized carbons (Fsp3) is 0.316. The molecule has 0 spiro atoms. The third kappa shape index (κ3) is 5.91. The Labute approximate surface area is 146 Å². The molecule has 1 aromatic carbocycles. The minimum atomic E-state index is -0.989. The van der Waals surface area contributed by atoms with E-state index >= 15 is 0 Å². The number of alkyl carbamates (subject to hydrolysis) is 1. The van der Waals surface area contributed by atoms with Crippen molar-refractivity contribution in [3.63, 3.8) is 0 Å². The van der Waals surface area contributed by atoms with Crippen molar-refractivity contribution in [2.75, 3.05) is 6.61 Å². The van der Waals surface area contributed by atoms with Crippen LogP contribution in [0.15, 0.2) is 48.8 Å². The van der Waals surface area contributed by atoms with Crippen LogP contribution in [-0.2, 0) is 9.53 Å². The van der Waals surface area contributed by atoms with Gasteiger partial charge in [-0.05, 0) is 35.2 Å². The molecule has 0 bridgehead atoms. The van der Waals surface area contributed by atoms with E-state index in [2.05, 4.69) is 10.3 Å². The zero-order valence-electron chi connectivity index (χ0n) is 14.1. The van der Waals surface area contributed by atoms with Crippen molar-refractivity contribution in [3.8, 4) is 11.1 Å². The Kier molecular flexibility index (Phi) is 6.95. The number of hydrogen-bond donors (Lipinski definition) is 2. The highest BCUT2D eigenvalue weighted by Crippen LogP contribution is 2.23. The number of carbonyl (C=O) groups is 2. The second-order valence-electron chi connectivity index (χ2n) is 5.64. The van der Waals surface area contributed by atoms with Gasteiger partial charge in [0.15, 0.2) is 0 Å². The maximum absolute atomic E-state index is 11.8. The summed E-state index contributed by atoms with van der Waals surface area (Å²) in [7, 11) is 0. The van der Waals surface area contributed by atoms with E-state index in [1.165, 1.54) is 0 Å². The van der Waals surface area contributed by atoms with Crippen LogP contribution in [0.3, 0.4) is 0 Å². The molecule has 0 aliphatic heterocycles. The first-order chi connectivity index (χ1) is 12.1. The lowest BCUT2D eigenvalue weighted by Crippen LogP contribution is -2.31. The van der Waals surface area contributed by atoms with Gasteiger partial charge in [-0.3, -0.25) is 9.78 Å². The van der Waals surface area contributed by atoms with Crippen molar-refractivity contribution in [2.24, 2.45) is 0 Å². The van der Waals surface area contributed by atoms with Gasteiger partial charge in [-0.2, -0.15) is 0 Å². The third-order valence-electron chi connectivity index (χ3n) is 3.73. The Hall–Kier alpha value is -2.89. The molecule has 6 nitrogen and oxygen atoms in total. The fourth-order valence-electron chi connectivity index (χ4n) is 2.37. The Morgan fingerprint density at radius 1 is 1.12 bits per heavy atom. The largest absolute Gasteiger partial charge is 0.481 e. The van der Waals surface area contributed by atoms with E-state index in [9.17, 15) is 9.59 Å². The molecule has 1 unspecified atom stereocenters. The molecule has 25 heavy (non-hydrogen) atoms. The van der Waals surface area contributed by atoms with Gasteiger partial charge in [0.05, 0.1) is 19.1 Å². The summed E-state index contributed by atoms with van der Waals surface area (Å²) in [5, 5.41) is 11.7. The number of benzene rings is 1. The molecule has 1 atom stereocenters. The number of nitrogens with one attached hydrogen (secondary N) is 1. The number of nitrogens with zero attached hydrogens (tertiary/aromatic N) is 1. The zero-order valence-corrected chi connectivity index (χ0v) is 14.1. The van der Waals surface area contributed by atoms with Gasteiger partial charge in [-0.15, -0.1) is 0 Å². The molecule has 2 aromatic rings. The van der Waals surface area contributed by atoms with Gasteiger partial charge in [-0.1, -0.05) is 37.6 Å². The van der Waals surface area contributed by atoms with Gasteiger partial charge >= 0.3 is 12.1 Å². The lowest BCUT2D eigenvalue weighted by atomic mass is 10.00. The molecular weight excluding hydrogens is 320 g/mol. The molecule has 0 radical (unpaired) electrons. The quantitative estimate of drug-likeness (QED) is 0.713. The van der Waals surface area contributed by atoms with Crippen molar-refractivity contribution in [2.45, 2.75) is 32.2 Å². The van der Waals surface area contributed by atoms with E-state index in [0.29, 0.717) is 12.2 Å². The second-order valence-corrected chi connectivity index (χ2v) is 5.64. The summed E-state index contributed by atoms with van der Waals surface area (Å²) in [6.07, 6.45) is 4.31. The van der Waals surface area contributed by atoms with Crippen LogP contribution < -0.4 is 5.32 Å². The van der Waals surface area contributed by atoms with Crippen LogP contribution in [-0.4, -0.2) is 28.8 Å². The first kappa shape index (κ1) is 18.4. The standard InChI is InChI=1S/C19H22N2O4/c1-2-3-12-25-19(24)21-17(13-18(22)23)16-6-4-14(5-7-16)15-8-10-20-11-9-15/h4-11,17H,2-3,12-13H2,1H3,(H,21,24)(H,22,23). The smallest absolute Gasteiger partial charge is 0.407 e. The predicted molar refractivity (Wildman–Crippen MR) is 94.1 cm³/mol. The van der Waals surface area contributed by atoms with Crippen LogP contribution >= 0.6 is 0 Å². The monoisotopic (exact) mass is 342 g/mol. The van der Waals surface area contributed by atoms with Crippen molar-refractivity contribution < 1.29 is 19.4 Å². The SMILES string of the molecule is CCCCOC(=O)NC(CC(=O)O)c1ccc(-c2ccncc2)cc1. The van der Waals surface area contributed by atoms with E-state index < -0.39 is 18.1 Å². The summed E-state index contributed by atoms with van der Waals surface area (Å²) in [5.74, 6) is -0.989.